The molecule has 3 fully saturated rings. The van der Waals surface area contributed by atoms with Crippen molar-refractivity contribution in [2.75, 3.05) is 20.8 Å². The van der Waals surface area contributed by atoms with Crippen LogP contribution >= 0.6 is 0 Å². The standard InChI is InChI=1S/C67H89NO13Si/c1-15-55(81-82(13,14)65(6,7)8)66(9,75-40-48-27-21-17-22-28-48)59-44(3)56(77-62(79-59)50-31-35-53(72-11)36-32-50)43(2)58(69)67(10,76-41-49-29-23-18-24-30-49)60-45(4)57(78-63(80-60)51-33-37-54(73-12)38-34-51)46(5)61(70)68-52(42-74-64(68)71)39-47-25-19-16-20-26-47/h16-38,43-46,52,55-60,62-63,69H,15,39-42H2,1-14H3/t43-,44-,45-,46+,52+,55+,56-,57-,58+,59+,60+,62?,63?,66+,67+/m0/s1. The van der Waals surface area contributed by atoms with Gasteiger partial charge in [0.05, 0.1) is 76.0 Å². The summed E-state index contributed by atoms with van der Waals surface area (Å²) in [6, 6.07) is 44.2. The summed E-state index contributed by atoms with van der Waals surface area (Å²) in [7, 11) is 0.804. The first-order chi connectivity index (χ1) is 39.0. The van der Waals surface area contributed by atoms with Crippen LogP contribution in [0.5, 0.6) is 11.5 Å². The highest BCUT2D eigenvalue weighted by molar-refractivity contribution is 6.74. The van der Waals surface area contributed by atoms with Crippen LogP contribution < -0.4 is 9.47 Å². The van der Waals surface area contributed by atoms with Gasteiger partial charge in [-0.2, -0.15) is 0 Å². The summed E-state index contributed by atoms with van der Waals surface area (Å²) < 4.78 is 67.5. The molecule has 0 radical (unpaired) electrons. The molecule has 0 aromatic heterocycles. The Hall–Kier alpha value is -5.46. The Morgan fingerprint density at radius 2 is 1.09 bits per heavy atom. The van der Waals surface area contributed by atoms with Gasteiger partial charge in [-0.25, -0.2) is 9.69 Å². The summed E-state index contributed by atoms with van der Waals surface area (Å²) in [4.78, 5) is 29.9. The van der Waals surface area contributed by atoms with E-state index in [9.17, 15) is 9.90 Å². The maximum atomic E-state index is 15.1. The quantitative estimate of drug-likeness (QED) is 0.0619. The van der Waals surface area contributed by atoms with Crippen molar-refractivity contribution in [3.63, 3.8) is 0 Å². The van der Waals surface area contributed by atoms with Gasteiger partial charge in [-0.1, -0.05) is 171 Å². The summed E-state index contributed by atoms with van der Waals surface area (Å²) in [5.41, 5.74) is 1.67. The molecule has 0 saturated carbocycles. The molecule has 82 heavy (non-hydrogen) atoms. The van der Waals surface area contributed by atoms with E-state index < -0.39 is 110 Å². The first-order valence-electron chi connectivity index (χ1n) is 29.2. The molecule has 5 aromatic carbocycles. The van der Waals surface area contributed by atoms with Gasteiger partial charge in [0, 0.05) is 28.9 Å². The Balaban J connectivity index is 1.21. The first kappa shape index (κ1) is 62.6. The van der Waals surface area contributed by atoms with Gasteiger partial charge in [-0.05, 0) is 85.8 Å². The number of hydrogen-bond acceptors (Lipinski definition) is 13. The Kier molecular flexibility index (Phi) is 20.3. The SMILES string of the molecule is CC[C@@H](O[Si](C)(C)C(C)(C)C)[C@@](C)(OCc1ccccc1)[C@@H]1OC(c2ccc(OC)cc2)O[C@@H]([C@H](C)[C@@H](O)[C@@](C)(OCc2ccccc2)[C@@H]2OC(c3ccc(OC)cc3)O[C@H]([C@@H](C)C(=O)N3C(=O)OC[C@H]3Cc3ccccc3)[C@@H]2C)[C@@H]1C. The fourth-order valence-electron chi connectivity index (χ4n) is 12.1. The van der Waals surface area contributed by atoms with Gasteiger partial charge in [0.1, 0.15) is 29.3 Å². The number of carbonyl (C=O) groups is 2. The van der Waals surface area contributed by atoms with Crippen molar-refractivity contribution in [3.05, 3.63) is 167 Å². The smallest absolute Gasteiger partial charge is 0.416 e. The van der Waals surface area contributed by atoms with E-state index >= 15 is 4.79 Å². The summed E-state index contributed by atoms with van der Waals surface area (Å²) in [5.74, 6) is -1.74. The topological polar surface area (TPSA) is 150 Å². The van der Waals surface area contributed by atoms with Gasteiger partial charge in [0.2, 0.25) is 5.91 Å². The molecule has 3 saturated heterocycles. The average Bonchev–Trinajstić information content (AvgIpc) is 2.16. The summed E-state index contributed by atoms with van der Waals surface area (Å²) in [6.07, 6.45) is -6.46. The number of nitrogens with zero attached hydrogens (tertiary/aromatic N) is 1. The number of amides is 2. The van der Waals surface area contributed by atoms with E-state index in [1.165, 1.54) is 4.90 Å². The Labute approximate surface area is 488 Å². The van der Waals surface area contributed by atoms with Gasteiger partial charge in [0.25, 0.3) is 0 Å². The van der Waals surface area contributed by atoms with Gasteiger partial charge in [0.15, 0.2) is 20.9 Å². The van der Waals surface area contributed by atoms with Crippen LogP contribution in [0.15, 0.2) is 140 Å². The van der Waals surface area contributed by atoms with Crippen LogP contribution in [-0.4, -0.2) is 105 Å². The molecule has 5 aromatic rings. The highest BCUT2D eigenvalue weighted by Crippen LogP contribution is 2.50. The van der Waals surface area contributed by atoms with E-state index in [-0.39, 0.29) is 18.3 Å². The first-order valence-corrected chi connectivity index (χ1v) is 32.1. The van der Waals surface area contributed by atoms with E-state index in [1.54, 1.807) is 21.1 Å². The van der Waals surface area contributed by atoms with Crippen LogP contribution in [0, 0.1) is 23.7 Å². The number of imide groups is 1. The molecule has 8 rings (SSSR count). The fraction of sp³-hybridized carbons (Fsp3) is 0.522. The van der Waals surface area contributed by atoms with E-state index in [4.69, 9.17) is 47.1 Å². The lowest BCUT2D eigenvalue weighted by Crippen LogP contribution is -2.66. The number of benzene rings is 5. The third kappa shape index (κ3) is 13.7. The highest BCUT2D eigenvalue weighted by Gasteiger charge is 2.60. The van der Waals surface area contributed by atoms with Crippen LogP contribution in [0.1, 0.15) is 116 Å². The molecule has 0 aliphatic carbocycles. The van der Waals surface area contributed by atoms with Crippen LogP contribution in [0.2, 0.25) is 18.1 Å². The minimum Gasteiger partial charge on any atom is -0.497 e. The van der Waals surface area contributed by atoms with E-state index in [1.807, 2.05) is 148 Å². The number of rotatable bonds is 23. The minimum atomic E-state index is -2.43. The molecule has 15 heteroatoms. The second-order valence-corrected chi connectivity index (χ2v) is 29.4. The maximum absolute atomic E-state index is 15.1. The summed E-state index contributed by atoms with van der Waals surface area (Å²) >= 11 is 0. The molecule has 3 aliphatic heterocycles. The lowest BCUT2D eigenvalue weighted by molar-refractivity contribution is -0.347. The van der Waals surface area contributed by atoms with Crippen molar-refractivity contribution >= 4 is 20.3 Å². The zero-order valence-corrected chi connectivity index (χ0v) is 51.6. The predicted molar refractivity (Wildman–Crippen MR) is 317 cm³/mol. The zero-order valence-electron chi connectivity index (χ0n) is 50.6. The van der Waals surface area contributed by atoms with Crippen molar-refractivity contribution in [2.45, 2.75) is 180 Å². The normalized spacial score (nSPS) is 26.4. The third-order valence-electron chi connectivity index (χ3n) is 18.0. The lowest BCUT2D eigenvalue weighted by Gasteiger charge is -2.55. The Morgan fingerprint density at radius 1 is 0.646 bits per heavy atom. The van der Waals surface area contributed by atoms with Crippen molar-refractivity contribution < 1.29 is 61.8 Å². The molecule has 14 nitrogen and oxygen atoms in total. The Morgan fingerprint density at radius 3 is 1.55 bits per heavy atom. The summed E-state index contributed by atoms with van der Waals surface area (Å²) in [6.45, 7) is 25.7. The van der Waals surface area contributed by atoms with Gasteiger partial charge >= 0.3 is 6.09 Å². The molecule has 444 valence electrons. The Bertz CT molecular complexity index is 2820. The molecule has 3 heterocycles. The number of carbonyl (C=O) groups excluding carboxylic acids is 2. The van der Waals surface area contributed by atoms with Crippen molar-refractivity contribution in [3.8, 4) is 11.5 Å². The molecular weight excluding hydrogens is 1050 g/mol. The monoisotopic (exact) mass is 1140 g/mol. The second-order valence-electron chi connectivity index (χ2n) is 24.7. The number of cyclic esters (lactones) is 1. The fourth-order valence-corrected chi connectivity index (χ4v) is 13.5. The highest BCUT2D eigenvalue weighted by atomic mass is 28.4. The molecule has 0 bridgehead atoms. The van der Waals surface area contributed by atoms with Crippen LogP contribution in [0.25, 0.3) is 0 Å². The van der Waals surface area contributed by atoms with Gasteiger partial charge in [-0.3, -0.25) is 4.79 Å². The molecule has 3 aliphatic rings. The number of ether oxygens (including phenoxy) is 9. The molecule has 0 spiro atoms. The number of hydrogen-bond donors (Lipinski definition) is 1. The summed E-state index contributed by atoms with van der Waals surface area (Å²) in [5, 5.41) is 13.7. The van der Waals surface area contributed by atoms with E-state index in [0.717, 1.165) is 22.3 Å². The minimum absolute atomic E-state index is 0.0664. The average molecular weight is 1140 g/mol. The van der Waals surface area contributed by atoms with E-state index in [0.29, 0.717) is 36.5 Å². The lowest BCUT2D eigenvalue weighted by atomic mass is 9.71. The van der Waals surface area contributed by atoms with Gasteiger partial charge < -0.3 is 52.2 Å². The molecule has 2 amide bonds. The predicted octanol–water partition coefficient (Wildman–Crippen LogP) is 13.2. The third-order valence-corrected chi connectivity index (χ3v) is 22.5. The largest absolute Gasteiger partial charge is 0.497 e. The van der Waals surface area contributed by atoms with Crippen molar-refractivity contribution in [1.29, 1.82) is 0 Å². The number of aliphatic hydroxyl groups excluding tert-OH is 1. The number of methoxy groups -OCH3 is 2. The molecule has 15 atom stereocenters. The van der Waals surface area contributed by atoms with Crippen molar-refractivity contribution in [1.82, 2.24) is 4.90 Å². The molecule has 2 unspecified atom stereocenters. The maximum Gasteiger partial charge on any atom is 0.416 e. The number of aliphatic hydroxyl groups is 1. The molecular formula is C67H89NO13Si. The van der Waals surface area contributed by atoms with Crippen LogP contribution in [0.3, 0.4) is 0 Å². The zero-order chi connectivity index (χ0) is 59.1. The van der Waals surface area contributed by atoms with Gasteiger partial charge in [-0.15, -0.1) is 0 Å². The second kappa shape index (κ2) is 26.6. The van der Waals surface area contributed by atoms with E-state index in [2.05, 4.69) is 66.8 Å². The van der Waals surface area contributed by atoms with Crippen LogP contribution in [0.4, 0.5) is 4.79 Å². The van der Waals surface area contributed by atoms with Crippen molar-refractivity contribution in [2.24, 2.45) is 23.7 Å². The molecule has 1 N–H and O–H groups in total. The van der Waals surface area contributed by atoms with Crippen LogP contribution in [-0.2, 0) is 62.0 Å².